The van der Waals surface area contributed by atoms with Gasteiger partial charge in [0, 0.05) is 11.9 Å². The Morgan fingerprint density at radius 1 is 1.26 bits per heavy atom. The van der Waals surface area contributed by atoms with Crippen molar-refractivity contribution in [3.8, 4) is 6.07 Å². The molecular weight excluding hydrogens is 234 g/mol. The van der Waals surface area contributed by atoms with E-state index in [0.29, 0.717) is 0 Å². The molecule has 0 bridgehead atoms. The molecule has 3 nitrogen and oxygen atoms in total. The lowest BCUT2D eigenvalue weighted by Crippen LogP contribution is -2.36. The van der Waals surface area contributed by atoms with Gasteiger partial charge in [-0.05, 0) is 55.4 Å². The van der Waals surface area contributed by atoms with Gasteiger partial charge in [-0.2, -0.15) is 5.26 Å². The van der Waals surface area contributed by atoms with Crippen LogP contribution in [-0.2, 0) is 18.4 Å². The van der Waals surface area contributed by atoms with Gasteiger partial charge < -0.3 is 4.57 Å². The van der Waals surface area contributed by atoms with Crippen LogP contribution in [0.15, 0.2) is 30.7 Å². The SMILES string of the molecule is N#Cc1ccc2c(c1)CCC21CCCc2cncn21. The molecule has 4 rings (SSSR count). The molecule has 0 radical (unpaired) electrons. The molecule has 0 saturated heterocycles. The normalized spacial score (nSPS) is 23.9. The summed E-state index contributed by atoms with van der Waals surface area (Å²) in [4.78, 5) is 4.34. The standard InChI is InChI=1S/C16H15N3/c17-9-12-3-4-15-13(8-12)5-7-16(15)6-1-2-14-10-18-11-19(14)16/h3-4,8,10-11H,1-2,5-7H2. The molecule has 1 unspecified atom stereocenters. The predicted molar refractivity (Wildman–Crippen MR) is 71.7 cm³/mol. The van der Waals surface area contributed by atoms with Gasteiger partial charge in [0.05, 0.1) is 23.5 Å². The number of hydrogen-bond donors (Lipinski definition) is 0. The number of aryl methyl sites for hydroxylation is 2. The van der Waals surface area contributed by atoms with Crippen molar-refractivity contribution in [3.05, 3.63) is 53.1 Å². The smallest absolute Gasteiger partial charge is 0.0991 e. The van der Waals surface area contributed by atoms with E-state index < -0.39 is 0 Å². The molecule has 0 amide bonds. The van der Waals surface area contributed by atoms with Crippen molar-refractivity contribution in [1.82, 2.24) is 9.55 Å². The zero-order valence-electron chi connectivity index (χ0n) is 10.8. The topological polar surface area (TPSA) is 41.6 Å². The maximum Gasteiger partial charge on any atom is 0.0991 e. The predicted octanol–water partition coefficient (Wildman–Crippen LogP) is 2.78. The minimum absolute atomic E-state index is 0.105. The lowest BCUT2D eigenvalue weighted by atomic mass is 9.82. The summed E-state index contributed by atoms with van der Waals surface area (Å²) in [6.07, 6.45) is 9.75. The Kier molecular flexibility index (Phi) is 2.11. The first-order chi connectivity index (χ1) is 9.33. The van der Waals surface area contributed by atoms with Crippen LogP contribution in [0.3, 0.4) is 0 Å². The molecular formula is C16H15N3. The molecule has 2 aromatic rings. The van der Waals surface area contributed by atoms with Crippen LogP contribution in [-0.4, -0.2) is 9.55 Å². The summed E-state index contributed by atoms with van der Waals surface area (Å²) in [5.74, 6) is 0. The first-order valence-electron chi connectivity index (χ1n) is 6.89. The summed E-state index contributed by atoms with van der Waals surface area (Å²) < 4.78 is 2.38. The van der Waals surface area contributed by atoms with Gasteiger partial charge >= 0.3 is 0 Å². The van der Waals surface area contributed by atoms with E-state index in [4.69, 9.17) is 5.26 Å². The van der Waals surface area contributed by atoms with E-state index in [0.717, 1.165) is 24.8 Å². The van der Waals surface area contributed by atoms with Crippen LogP contribution in [0, 0.1) is 11.3 Å². The van der Waals surface area contributed by atoms with Crippen LogP contribution >= 0.6 is 0 Å². The highest BCUT2D eigenvalue weighted by atomic mass is 15.1. The van der Waals surface area contributed by atoms with Gasteiger partial charge in [-0.3, -0.25) is 0 Å². The number of aromatic nitrogens is 2. The van der Waals surface area contributed by atoms with Crippen molar-refractivity contribution in [2.24, 2.45) is 0 Å². The first kappa shape index (κ1) is 10.8. The lowest BCUT2D eigenvalue weighted by Gasteiger charge is -2.37. The number of benzene rings is 1. The van der Waals surface area contributed by atoms with E-state index >= 15 is 0 Å². The average Bonchev–Trinajstić information content (AvgIpc) is 3.05. The fourth-order valence-corrected chi connectivity index (χ4v) is 3.89. The van der Waals surface area contributed by atoms with E-state index in [1.54, 1.807) is 0 Å². The summed E-state index contributed by atoms with van der Waals surface area (Å²) in [7, 11) is 0. The van der Waals surface area contributed by atoms with E-state index in [1.165, 1.54) is 29.7 Å². The van der Waals surface area contributed by atoms with Crippen LogP contribution in [0.2, 0.25) is 0 Å². The zero-order chi connectivity index (χ0) is 12.9. The minimum Gasteiger partial charge on any atom is -0.324 e. The fourth-order valence-electron chi connectivity index (χ4n) is 3.89. The molecule has 1 aliphatic carbocycles. The highest BCUT2D eigenvalue weighted by Gasteiger charge is 2.42. The van der Waals surface area contributed by atoms with E-state index in [9.17, 15) is 0 Å². The molecule has 2 heterocycles. The second kappa shape index (κ2) is 3.71. The molecule has 1 aromatic carbocycles. The van der Waals surface area contributed by atoms with Crippen molar-refractivity contribution in [1.29, 1.82) is 5.26 Å². The second-order valence-corrected chi connectivity index (χ2v) is 5.62. The Hall–Kier alpha value is -2.08. The van der Waals surface area contributed by atoms with Crippen molar-refractivity contribution < 1.29 is 0 Å². The Morgan fingerprint density at radius 2 is 2.21 bits per heavy atom. The third-order valence-electron chi connectivity index (χ3n) is 4.74. The molecule has 0 saturated carbocycles. The summed E-state index contributed by atoms with van der Waals surface area (Å²) in [6.45, 7) is 0. The molecule has 3 heteroatoms. The van der Waals surface area contributed by atoms with Crippen molar-refractivity contribution in [3.63, 3.8) is 0 Å². The number of fused-ring (bicyclic) bond motifs is 4. The monoisotopic (exact) mass is 249 g/mol. The molecule has 0 N–H and O–H groups in total. The number of rotatable bonds is 0. The summed E-state index contributed by atoms with van der Waals surface area (Å²) >= 11 is 0. The van der Waals surface area contributed by atoms with E-state index in [1.807, 2.05) is 18.6 Å². The van der Waals surface area contributed by atoms with Gasteiger partial charge in [-0.15, -0.1) is 0 Å². The molecule has 19 heavy (non-hydrogen) atoms. The quantitative estimate of drug-likeness (QED) is 0.720. The third kappa shape index (κ3) is 1.34. The van der Waals surface area contributed by atoms with Crippen LogP contribution in [0.25, 0.3) is 0 Å². The highest BCUT2D eigenvalue weighted by Crippen LogP contribution is 2.46. The van der Waals surface area contributed by atoms with Gasteiger partial charge in [-0.1, -0.05) is 6.07 Å². The summed E-state index contributed by atoms with van der Waals surface area (Å²) in [5.41, 5.74) is 4.99. The van der Waals surface area contributed by atoms with Crippen molar-refractivity contribution in [2.75, 3.05) is 0 Å². The van der Waals surface area contributed by atoms with Gasteiger partial charge in [-0.25, -0.2) is 4.98 Å². The third-order valence-corrected chi connectivity index (χ3v) is 4.74. The average molecular weight is 249 g/mol. The number of nitrogens with zero attached hydrogens (tertiary/aromatic N) is 3. The van der Waals surface area contributed by atoms with Gasteiger partial charge in [0.2, 0.25) is 0 Å². The molecule has 1 aliphatic heterocycles. The Labute approximate surface area is 112 Å². The summed E-state index contributed by atoms with van der Waals surface area (Å²) in [5, 5.41) is 9.03. The Bertz CT molecular complexity index is 692. The van der Waals surface area contributed by atoms with Crippen LogP contribution in [0.4, 0.5) is 0 Å². The van der Waals surface area contributed by atoms with E-state index in [-0.39, 0.29) is 5.54 Å². The highest BCUT2D eigenvalue weighted by molar-refractivity contribution is 5.46. The minimum atomic E-state index is 0.105. The molecule has 1 aromatic heterocycles. The molecule has 1 atom stereocenters. The van der Waals surface area contributed by atoms with Crippen molar-refractivity contribution in [2.45, 2.75) is 37.6 Å². The maximum absolute atomic E-state index is 9.03. The molecule has 1 spiro atoms. The van der Waals surface area contributed by atoms with Crippen LogP contribution in [0.5, 0.6) is 0 Å². The molecule has 94 valence electrons. The van der Waals surface area contributed by atoms with Crippen LogP contribution < -0.4 is 0 Å². The molecule has 2 aliphatic rings. The maximum atomic E-state index is 9.03. The number of imidazole rings is 1. The second-order valence-electron chi connectivity index (χ2n) is 5.62. The molecule has 0 fully saturated rings. The number of nitriles is 1. The van der Waals surface area contributed by atoms with E-state index in [2.05, 4.69) is 27.8 Å². The Morgan fingerprint density at radius 3 is 3.11 bits per heavy atom. The largest absolute Gasteiger partial charge is 0.324 e. The summed E-state index contributed by atoms with van der Waals surface area (Å²) in [6, 6.07) is 8.43. The number of hydrogen-bond acceptors (Lipinski definition) is 2. The van der Waals surface area contributed by atoms with Crippen LogP contribution in [0.1, 0.15) is 41.6 Å². The fraction of sp³-hybridized carbons (Fsp3) is 0.375. The first-order valence-corrected chi connectivity index (χ1v) is 6.89. The Balaban J connectivity index is 1.92. The van der Waals surface area contributed by atoms with Gasteiger partial charge in [0.15, 0.2) is 0 Å². The van der Waals surface area contributed by atoms with Crippen molar-refractivity contribution >= 4 is 0 Å². The zero-order valence-corrected chi connectivity index (χ0v) is 10.8. The van der Waals surface area contributed by atoms with Gasteiger partial charge in [0.25, 0.3) is 0 Å². The lowest BCUT2D eigenvalue weighted by molar-refractivity contribution is 0.282. The van der Waals surface area contributed by atoms with Gasteiger partial charge in [0.1, 0.15) is 0 Å².